The zero-order chi connectivity index (χ0) is 12.4. The van der Waals surface area contributed by atoms with Gasteiger partial charge in [-0.05, 0) is 28.8 Å². The topological polar surface area (TPSA) is 35.8 Å². The van der Waals surface area contributed by atoms with Crippen LogP contribution in [0.2, 0.25) is 0 Å². The average Bonchev–Trinajstić information content (AvgIpc) is 2.37. The van der Waals surface area contributed by atoms with Crippen LogP contribution in [0.5, 0.6) is 0 Å². The van der Waals surface area contributed by atoms with E-state index in [0.29, 0.717) is 11.5 Å². The third kappa shape index (κ3) is 2.01. The highest BCUT2D eigenvalue weighted by atomic mass is 14.9. The van der Waals surface area contributed by atoms with Gasteiger partial charge in [0.2, 0.25) is 0 Å². The van der Waals surface area contributed by atoms with Gasteiger partial charge in [-0.3, -0.25) is 0 Å². The van der Waals surface area contributed by atoms with Gasteiger partial charge in [0, 0.05) is 19.0 Å². The summed E-state index contributed by atoms with van der Waals surface area (Å²) in [6, 6.07) is 18.6. The minimum Gasteiger partial charge on any atom is -0.315 e. The van der Waals surface area contributed by atoms with Gasteiger partial charge in [0.25, 0.3) is 0 Å². The van der Waals surface area contributed by atoms with Gasteiger partial charge in [-0.25, -0.2) is 0 Å². The van der Waals surface area contributed by atoms with Crippen LogP contribution in [0, 0.1) is 11.3 Å². The first-order valence-electron chi connectivity index (χ1n) is 6.18. The summed E-state index contributed by atoms with van der Waals surface area (Å²) in [6.45, 7) is 2.16. The first-order valence-corrected chi connectivity index (χ1v) is 6.18. The lowest BCUT2D eigenvalue weighted by atomic mass is 9.91. The summed E-state index contributed by atoms with van der Waals surface area (Å²) in [6.07, 6.45) is 0. The van der Waals surface area contributed by atoms with E-state index in [0.717, 1.165) is 13.1 Å². The van der Waals surface area contributed by atoms with Crippen LogP contribution in [0.4, 0.5) is 0 Å². The Morgan fingerprint density at radius 1 is 1.00 bits per heavy atom. The van der Waals surface area contributed by atoms with Crippen LogP contribution in [0.25, 0.3) is 11.1 Å². The van der Waals surface area contributed by atoms with E-state index in [1.165, 1.54) is 16.7 Å². The predicted octanol–water partition coefficient (Wildman–Crippen LogP) is 2.91. The number of nitrogens with one attached hydrogen (secondary N) is 1. The minimum absolute atomic E-state index is 0.656. The molecular formula is C16H14N2. The number of benzene rings is 2. The van der Waals surface area contributed by atoms with E-state index >= 15 is 0 Å². The molecule has 18 heavy (non-hydrogen) atoms. The van der Waals surface area contributed by atoms with Gasteiger partial charge >= 0.3 is 0 Å². The molecule has 0 amide bonds. The number of hydrogen-bond donors (Lipinski definition) is 1. The van der Waals surface area contributed by atoms with Crippen molar-refractivity contribution < 1.29 is 0 Å². The van der Waals surface area contributed by atoms with Crippen molar-refractivity contribution in [3.05, 3.63) is 59.7 Å². The molecule has 2 heteroatoms. The van der Waals surface area contributed by atoms with Gasteiger partial charge in [-0.1, -0.05) is 36.4 Å². The van der Waals surface area contributed by atoms with E-state index < -0.39 is 0 Å². The summed E-state index contributed by atoms with van der Waals surface area (Å²) >= 11 is 0. The van der Waals surface area contributed by atoms with E-state index in [1.54, 1.807) is 0 Å². The molecule has 3 rings (SSSR count). The summed E-state index contributed by atoms with van der Waals surface area (Å²) < 4.78 is 0. The molecule has 0 aromatic heterocycles. The van der Waals surface area contributed by atoms with Crippen molar-refractivity contribution in [1.82, 2.24) is 5.32 Å². The van der Waals surface area contributed by atoms with Gasteiger partial charge in [0.05, 0.1) is 11.6 Å². The first-order chi connectivity index (χ1) is 8.86. The highest BCUT2D eigenvalue weighted by Crippen LogP contribution is 2.26. The zero-order valence-electron chi connectivity index (χ0n) is 10.1. The van der Waals surface area contributed by atoms with Gasteiger partial charge in [-0.15, -0.1) is 0 Å². The summed E-state index contributed by atoms with van der Waals surface area (Å²) in [5.41, 5.74) is 4.50. The molecule has 0 spiro atoms. The molecule has 0 aliphatic carbocycles. The summed E-state index contributed by atoms with van der Waals surface area (Å²) in [5.74, 6) is 0.656. The van der Waals surface area contributed by atoms with Crippen LogP contribution >= 0.6 is 0 Å². The van der Waals surface area contributed by atoms with Gasteiger partial charge in [-0.2, -0.15) is 5.26 Å². The van der Waals surface area contributed by atoms with Crippen molar-refractivity contribution in [3.63, 3.8) is 0 Å². The molecule has 0 saturated carbocycles. The molecule has 2 aromatic carbocycles. The normalized spacial score (nSPS) is 14.8. The van der Waals surface area contributed by atoms with Crippen molar-refractivity contribution >= 4 is 0 Å². The molecule has 1 fully saturated rings. The largest absolute Gasteiger partial charge is 0.315 e. The Kier molecular flexibility index (Phi) is 2.84. The fourth-order valence-corrected chi connectivity index (χ4v) is 2.23. The average molecular weight is 234 g/mol. The Morgan fingerprint density at radius 3 is 2.39 bits per heavy atom. The van der Waals surface area contributed by atoms with Crippen molar-refractivity contribution in [2.75, 3.05) is 13.1 Å². The highest BCUT2D eigenvalue weighted by molar-refractivity contribution is 5.65. The molecule has 1 saturated heterocycles. The third-order valence-corrected chi connectivity index (χ3v) is 3.49. The maximum absolute atomic E-state index is 8.80. The summed E-state index contributed by atoms with van der Waals surface area (Å²) in [4.78, 5) is 0. The first kappa shape index (κ1) is 11.0. The van der Waals surface area contributed by atoms with Crippen molar-refractivity contribution in [3.8, 4) is 17.2 Å². The van der Waals surface area contributed by atoms with Gasteiger partial charge in [0.1, 0.15) is 0 Å². The number of rotatable bonds is 2. The Balaban J connectivity index is 1.93. The Bertz CT molecular complexity index is 589. The number of hydrogen-bond acceptors (Lipinski definition) is 2. The van der Waals surface area contributed by atoms with Crippen LogP contribution in [0.15, 0.2) is 48.5 Å². The standard InChI is InChI=1S/C16H14N2/c17-9-12-4-6-13(7-5-12)14-2-1-3-15(8-14)16-10-18-11-16/h1-8,16,18H,10-11H2. The molecule has 0 atom stereocenters. The molecule has 1 N–H and O–H groups in total. The zero-order valence-corrected chi connectivity index (χ0v) is 10.1. The van der Waals surface area contributed by atoms with Gasteiger partial charge < -0.3 is 5.32 Å². The van der Waals surface area contributed by atoms with Crippen molar-refractivity contribution in [2.45, 2.75) is 5.92 Å². The second-order valence-corrected chi connectivity index (χ2v) is 4.67. The van der Waals surface area contributed by atoms with E-state index in [1.807, 2.05) is 24.3 Å². The van der Waals surface area contributed by atoms with Gasteiger partial charge in [0.15, 0.2) is 0 Å². The lowest BCUT2D eigenvalue weighted by Gasteiger charge is -2.27. The molecule has 1 aliphatic rings. The smallest absolute Gasteiger partial charge is 0.0991 e. The quantitative estimate of drug-likeness (QED) is 0.867. The van der Waals surface area contributed by atoms with Crippen LogP contribution in [0.1, 0.15) is 17.0 Å². The second kappa shape index (κ2) is 4.64. The van der Waals surface area contributed by atoms with E-state index in [-0.39, 0.29) is 0 Å². The maximum atomic E-state index is 8.80. The Labute approximate surface area is 107 Å². The molecule has 2 aromatic rings. The van der Waals surface area contributed by atoms with E-state index in [9.17, 15) is 0 Å². The summed E-state index contributed by atoms with van der Waals surface area (Å²) in [5, 5.41) is 12.1. The molecular weight excluding hydrogens is 220 g/mol. The van der Waals surface area contributed by atoms with E-state index in [2.05, 4.69) is 35.7 Å². The molecule has 1 heterocycles. The molecule has 0 radical (unpaired) electrons. The van der Waals surface area contributed by atoms with Crippen LogP contribution < -0.4 is 5.32 Å². The van der Waals surface area contributed by atoms with Crippen LogP contribution in [-0.2, 0) is 0 Å². The molecule has 88 valence electrons. The number of nitrogens with zero attached hydrogens (tertiary/aromatic N) is 1. The SMILES string of the molecule is N#Cc1ccc(-c2cccc(C3CNC3)c2)cc1. The maximum Gasteiger partial charge on any atom is 0.0991 e. The van der Waals surface area contributed by atoms with Crippen LogP contribution in [-0.4, -0.2) is 13.1 Å². The molecule has 0 bridgehead atoms. The Morgan fingerprint density at radius 2 is 1.78 bits per heavy atom. The summed E-state index contributed by atoms with van der Waals surface area (Å²) in [7, 11) is 0. The van der Waals surface area contributed by atoms with Crippen LogP contribution in [0.3, 0.4) is 0 Å². The fourth-order valence-electron chi connectivity index (χ4n) is 2.23. The van der Waals surface area contributed by atoms with Crippen molar-refractivity contribution in [2.24, 2.45) is 0 Å². The highest BCUT2D eigenvalue weighted by Gasteiger charge is 2.18. The molecule has 1 aliphatic heterocycles. The lowest BCUT2D eigenvalue weighted by Crippen LogP contribution is -2.39. The third-order valence-electron chi connectivity index (χ3n) is 3.49. The number of nitriles is 1. The van der Waals surface area contributed by atoms with Crippen molar-refractivity contribution in [1.29, 1.82) is 5.26 Å². The minimum atomic E-state index is 0.656. The molecule has 2 nitrogen and oxygen atoms in total. The fraction of sp³-hybridized carbons (Fsp3) is 0.188. The molecule has 0 unspecified atom stereocenters. The lowest BCUT2D eigenvalue weighted by molar-refractivity contribution is 0.448. The van der Waals surface area contributed by atoms with E-state index in [4.69, 9.17) is 5.26 Å². The predicted molar refractivity (Wildman–Crippen MR) is 72.2 cm³/mol. The Hall–Kier alpha value is -2.11. The monoisotopic (exact) mass is 234 g/mol. The second-order valence-electron chi connectivity index (χ2n) is 4.67.